The maximum absolute atomic E-state index is 12.0. The van der Waals surface area contributed by atoms with Crippen LogP contribution in [-0.4, -0.2) is 25.5 Å². The minimum Gasteiger partial charge on any atom is -0.492 e. The van der Waals surface area contributed by atoms with Gasteiger partial charge in [-0.15, -0.1) is 0 Å². The average Bonchev–Trinajstić information content (AvgIpc) is 2.29. The molecule has 0 fully saturated rings. The number of ether oxygens (including phenoxy) is 1. The quantitative estimate of drug-likeness (QED) is 0.765. The van der Waals surface area contributed by atoms with Gasteiger partial charge in [0.25, 0.3) is 0 Å². The highest BCUT2D eigenvalue weighted by Crippen LogP contribution is 2.25. The molecule has 1 rings (SSSR count). The molecule has 0 bridgehead atoms. The number of para-hydroxylation sites is 1. The molecule has 0 unspecified atom stereocenters. The highest BCUT2D eigenvalue weighted by Gasteiger charge is 2.28. The summed E-state index contributed by atoms with van der Waals surface area (Å²) in [6.45, 7) is 7.27. The van der Waals surface area contributed by atoms with Crippen LogP contribution < -0.4 is 4.74 Å². The second-order valence-electron chi connectivity index (χ2n) is 5.48. The molecule has 0 heterocycles. The van der Waals surface area contributed by atoms with Gasteiger partial charge in [-0.05, 0) is 33.3 Å². The van der Waals surface area contributed by atoms with E-state index >= 15 is 0 Å². The van der Waals surface area contributed by atoms with Crippen molar-refractivity contribution in [3.8, 4) is 5.75 Å². The first kappa shape index (κ1) is 16.5. The third kappa shape index (κ3) is 4.21. The Morgan fingerprint density at radius 2 is 1.89 bits per heavy atom. The normalized spacial score (nSPS) is 12.5. The molecule has 19 heavy (non-hydrogen) atoms. The highest BCUT2D eigenvalue weighted by molar-refractivity contribution is 9.08. The summed E-state index contributed by atoms with van der Waals surface area (Å²) in [7, 11) is -3.14. The van der Waals surface area contributed by atoms with E-state index in [9.17, 15) is 8.42 Å². The topological polar surface area (TPSA) is 43.4 Å². The van der Waals surface area contributed by atoms with E-state index in [1.165, 1.54) is 0 Å². The molecule has 5 heteroatoms. The predicted molar refractivity (Wildman–Crippen MR) is 82.8 cm³/mol. The lowest BCUT2D eigenvalue weighted by Gasteiger charge is -2.20. The average molecular weight is 349 g/mol. The lowest BCUT2D eigenvalue weighted by molar-refractivity contribution is 0.335. The Morgan fingerprint density at radius 3 is 2.42 bits per heavy atom. The molecule has 0 spiro atoms. The molecule has 0 aliphatic heterocycles. The number of hydrogen-bond acceptors (Lipinski definition) is 3. The summed E-state index contributed by atoms with van der Waals surface area (Å²) in [4.78, 5) is 0. The van der Waals surface area contributed by atoms with Crippen molar-refractivity contribution < 1.29 is 13.2 Å². The summed E-state index contributed by atoms with van der Waals surface area (Å²) >= 11 is 3.41. The van der Waals surface area contributed by atoms with E-state index in [4.69, 9.17) is 4.74 Å². The molecule has 0 N–H and O–H groups in total. The number of hydrogen-bond donors (Lipinski definition) is 0. The summed E-state index contributed by atoms with van der Waals surface area (Å²) in [5.41, 5.74) is 2.05. The lowest BCUT2D eigenvalue weighted by Crippen LogP contribution is -2.32. The largest absolute Gasteiger partial charge is 0.492 e. The third-order valence-corrected chi connectivity index (χ3v) is 6.14. The van der Waals surface area contributed by atoms with Crippen LogP contribution >= 0.6 is 15.9 Å². The predicted octanol–water partition coefficient (Wildman–Crippen LogP) is 3.48. The number of rotatable bonds is 5. The minimum atomic E-state index is -3.14. The summed E-state index contributed by atoms with van der Waals surface area (Å²) in [6.07, 6.45) is 0. The van der Waals surface area contributed by atoms with Gasteiger partial charge in [0.2, 0.25) is 0 Å². The van der Waals surface area contributed by atoms with Gasteiger partial charge >= 0.3 is 0 Å². The fourth-order valence-electron chi connectivity index (χ4n) is 1.58. The van der Waals surface area contributed by atoms with Crippen LogP contribution in [0.2, 0.25) is 0 Å². The van der Waals surface area contributed by atoms with Gasteiger partial charge in [0, 0.05) is 10.9 Å². The maximum Gasteiger partial charge on any atom is 0.158 e. The van der Waals surface area contributed by atoms with Gasteiger partial charge in [0.05, 0.1) is 10.5 Å². The van der Waals surface area contributed by atoms with Crippen molar-refractivity contribution in [3.05, 3.63) is 29.3 Å². The molecule has 1 aromatic carbocycles. The molecule has 0 aliphatic rings. The zero-order valence-corrected chi connectivity index (χ0v) is 14.3. The molecule has 0 saturated carbocycles. The van der Waals surface area contributed by atoms with Crippen LogP contribution in [0.25, 0.3) is 0 Å². The maximum atomic E-state index is 12.0. The summed E-state index contributed by atoms with van der Waals surface area (Å²) < 4.78 is 28.9. The van der Waals surface area contributed by atoms with Gasteiger partial charge in [0.1, 0.15) is 12.4 Å². The van der Waals surface area contributed by atoms with Crippen molar-refractivity contribution in [2.24, 2.45) is 0 Å². The molecular formula is C14H21BrO3S. The highest BCUT2D eigenvalue weighted by atomic mass is 79.9. The van der Waals surface area contributed by atoms with Crippen molar-refractivity contribution in [1.82, 2.24) is 0 Å². The first-order valence-electron chi connectivity index (χ1n) is 6.18. The number of halogens is 1. The molecule has 0 aromatic heterocycles. The smallest absolute Gasteiger partial charge is 0.158 e. The Balaban J connectivity index is 2.75. The van der Waals surface area contributed by atoms with Crippen molar-refractivity contribution >= 4 is 25.8 Å². The number of benzene rings is 1. The van der Waals surface area contributed by atoms with Crippen LogP contribution in [0.15, 0.2) is 18.2 Å². The zero-order valence-electron chi connectivity index (χ0n) is 11.9. The van der Waals surface area contributed by atoms with Gasteiger partial charge in [-0.25, -0.2) is 8.42 Å². The van der Waals surface area contributed by atoms with Gasteiger partial charge < -0.3 is 4.74 Å². The Morgan fingerprint density at radius 1 is 1.26 bits per heavy atom. The standard InChI is InChI=1S/C14H21BrO3S/c1-11-6-5-7-12(10-15)13(11)18-8-9-19(16,17)14(2,3)4/h5-7H,8-10H2,1-4H3. The number of sulfone groups is 1. The SMILES string of the molecule is Cc1cccc(CBr)c1OCCS(=O)(=O)C(C)(C)C. The van der Waals surface area contributed by atoms with Crippen molar-refractivity contribution in [1.29, 1.82) is 0 Å². The van der Waals surface area contributed by atoms with E-state index < -0.39 is 14.6 Å². The molecule has 0 radical (unpaired) electrons. The summed E-state index contributed by atoms with van der Waals surface area (Å²) in [5, 5.41) is 0.691. The summed E-state index contributed by atoms with van der Waals surface area (Å²) in [5.74, 6) is 0.815. The van der Waals surface area contributed by atoms with Crippen LogP contribution in [0, 0.1) is 6.92 Å². The second kappa shape index (κ2) is 6.27. The van der Waals surface area contributed by atoms with Crippen LogP contribution in [0.1, 0.15) is 31.9 Å². The van der Waals surface area contributed by atoms with Gasteiger partial charge in [-0.3, -0.25) is 0 Å². The van der Waals surface area contributed by atoms with Gasteiger partial charge in [-0.2, -0.15) is 0 Å². The van der Waals surface area contributed by atoms with Crippen LogP contribution in [0.3, 0.4) is 0 Å². The third-order valence-electron chi connectivity index (χ3n) is 2.97. The molecule has 3 nitrogen and oxygen atoms in total. The van der Waals surface area contributed by atoms with Crippen LogP contribution in [0.5, 0.6) is 5.75 Å². The Hall–Kier alpha value is -0.550. The van der Waals surface area contributed by atoms with E-state index in [-0.39, 0.29) is 12.4 Å². The second-order valence-corrected chi connectivity index (χ2v) is 8.90. The summed E-state index contributed by atoms with van der Waals surface area (Å²) in [6, 6.07) is 5.89. The number of alkyl halides is 1. The van der Waals surface area contributed by atoms with Gasteiger partial charge in [0.15, 0.2) is 9.84 Å². The van der Waals surface area contributed by atoms with E-state index in [0.717, 1.165) is 16.9 Å². The Kier molecular flexibility index (Phi) is 5.44. The first-order chi connectivity index (χ1) is 8.69. The van der Waals surface area contributed by atoms with Crippen molar-refractivity contribution in [2.75, 3.05) is 12.4 Å². The fraction of sp³-hybridized carbons (Fsp3) is 0.571. The van der Waals surface area contributed by atoms with E-state index in [1.807, 2.05) is 25.1 Å². The fourth-order valence-corrected chi connectivity index (χ4v) is 2.94. The molecule has 0 atom stereocenters. The molecule has 0 amide bonds. The minimum absolute atomic E-state index is 0.0343. The van der Waals surface area contributed by atoms with Crippen LogP contribution in [-0.2, 0) is 15.2 Å². The molecular weight excluding hydrogens is 328 g/mol. The zero-order chi connectivity index (χ0) is 14.7. The number of aryl methyl sites for hydroxylation is 1. The Bertz CT molecular complexity index is 530. The van der Waals surface area contributed by atoms with E-state index in [0.29, 0.717) is 5.33 Å². The first-order valence-corrected chi connectivity index (χ1v) is 8.96. The molecule has 0 aliphatic carbocycles. The van der Waals surface area contributed by atoms with E-state index in [1.54, 1.807) is 20.8 Å². The van der Waals surface area contributed by atoms with Crippen molar-refractivity contribution in [3.63, 3.8) is 0 Å². The molecule has 108 valence electrons. The monoisotopic (exact) mass is 348 g/mol. The van der Waals surface area contributed by atoms with Crippen LogP contribution in [0.4, 0.5) is 0 Å². The Labute approximate surface area is 124 Å². The molecule has 0 saturated heterocycles. The molecule has 1 aromatic rings. The van der Waals surface area contributed by atoms with E-state index in [2.05, 4.69) is 15.9 Å². The van der Waals surface area contributed by atoms with Gasteiger partial charge in [-0.1, -0.05) is 34.1 Å². The lowest BCUT2D eigenvalue weighted by atomic mass is 10.1. The van der Waals surface area contributed by atoms with Crippen molar-refractivity contribution in [2.45, 2.75) is 37.8 Å².